The number of anilines is 3. The van der Waals surface area contributed by atoms with Crippen molar-refractivity contribution < 1.29 is 22.7 Å². The molecule has 176 valence electrons. The van der Waals surface area contributed by atoms with E-state index in [-0.39, 0.29) is 23.0 Å². The lowest BCUT2D eigenvalue weighted by Crippen LogP contribution is -2.48. The molecule has 34 heavy (non-hydrogen) atoms. The number of amides is 2. The SMILES string of the molecule is CCOc1ccccc1N(CC(=O)N1CC(=O)Nc2ccccc21)S(=O)(=O)c1ccc(Cl)cc1. The summed E-state index contributed by atoms with van der Waals surface area (Å²) in [5.74, 6) is -0.618. The molecule has 0 unspecified atom stereocenters. The number of carbonyl (C=O) groups is 2. The summed E-state index contributed by atoms with van der Waals surface area (Å²) in [7, 11) is -4.19. The third-order valence-electron chi connectivity index (χ3n) is 5.19. The highest BCUT2D eigenvalue weighted by molar-refractivity contribution is 7.92. The van der Waals surface area contributed by atoms with Crippen LogP contribution in [0.5, 0.6) is 5.75 Å². The number of hydrogen-bond acceptors (Lipinski definition) is 5. The molecule has 1 N–H and O–H groups in total. The fourth-order valence-electron chi connectivity index (χ4n) is 3.64. The lowest BCUT2D eigenvalue weighted by molar-refractivity contribution is -0.121. The van der Waals surface area contributed by atoms with E-state index in [2.05, 4.69) is 5.32 Å². The second-order valence-corrected chi connectivity index (χ2v) is 9.71. The average Bonchev–Trinajstić information content (AvgIpc) is 2.82. The van der Waals surface area contributed by atoms with Crippen LogP contribution in [0, 0.1) is 0 Å². The summed E-state index contributed by atoms with van der Waals surface area (Å²) in [6.45, 7) is 1.32. The molecule has 0 saturated carbocycles. The van der Waals surface area contributed by atoms with E-state index in [0.29, 0.717) is 28.8 Å². The third-order valence-corrected chi connectivity index (χ3v) is 7.21. The van der Waals surface area contributed by atoms with Gasteiger partial charge in [-0.3, -0.25) is 18.8 Å². The van der Waals surface area contributed by atoms with E-state index in [0.717, 1.165) is 4.31 Å². The van der Waals surface area contributed by atoms with Crippen LogP contribution in [0.2, 0.25) is 5.02 Å². The van der Waals surface area contributed by atoms with E-state index in [1.807, 2.05) is 0 Å². The summed E-state index contributed by atoms with van der Waals surface area (Å²) in [6, 6.07) is 19.1. The maximum atomic E-state index is 13.7. The molecule has 8 nitrogen and oxygen atoms in total. The molecule has 3 aromatic carbocycles. The molecule has 0 fully saturated rings. The molecule has 10 heteroatoms. The smallest absolute Gasteiger partial charge is 0.264 e. The number of nitrogens with one attached hydrogen (secondary N) is 1. The number of sulfonamides is 1. The topological polar surface area (TPSA) is 96.0 Å². The van der Waals surface area contributed by atoms with Crippen molar-refractivity contribution in [2.24, 2.45) is 0 Å². The molecular weight excluding hydrogens is 478 g/mol. The van der Waals surface area contributed by atoms with Gasteiger partial charge in [-0.15, -0.1) is 0 Å². The lowest BCUT2D eigenvalue weighted by atomic mass is 10.2. The Morgan fingerprint density at radius 2 is 1.74 bits per heavy atom. The number of halogens is 1. The zero-order valence-corrected chi connectivity index (χ0v) is 19.8. The summed E-state index contributed by atoms with van der Waals surface area (Å²) in [4.78, 5) is 26.9. The van der Waals surface area contributed by atoms with Crippen molar-refractivity contribution in [1.29, 1.82) is 0 Å². The van der Waals surface area contributed by atoms with Gasteiger partial charge >= 0.3 is 0 Å². The van der Waals surface area contributed by atoms with Crippen molar-refractivity contribution in [3.05, 3.63) is 77.8 Å². The van der Waals surface area contributed by atoms with Gasteiger partial charge in [0.05, 0.1) is 28.6 Å². The summed E-state index contributed by atoms with van der Waals surface area (Å²) >= 11 is 5.95. The first kappa shape index (κ1) is 23.6. The molecule has 0 aromatic heterocycles. The van der Waals surface area contributed by atoms with Crippen LogP contribution in [0.25, 0.3) is 0 Å². The van der Waals surface area contributed by atoms with Crippen molar-refractivity contribution in [1.82, 2.24) is 0 Å². The summed E-state index contributed by atoms with van der Waals surface area (Å²) < 4.78 is 34.1. The molecule has 0 bridgehead atoms. The number of benzene rings is 3. The van der Waals surface area contributed by atoms with Crippen molar-refractivity contribution in [2.75, 3.05) is 34.2 Å². The van der Waals surface area contributed by atoms with Gasteiger partial charge in [-0.2, -0.15) is 0 Å². The molecule has 1 aliphatic rings. The fourth-order valence-corrected chi connectivity index (χ4v) is 5.19. The highest BCUT2D eigenvalue weighted by Crippen LogP contribution is 2.34. The number of ether oxygens (including phenoxy) is 1. The molecule has 0 atom stereocenters. The number of rotatable bonds is 7. The van der Waals surface area contributed by atoms with Gasteiger partial charge in [-0.1, -0.05) is 35.9 Å². The molecular formula is C24H22ClN3O5S. The molecule has 0 saturated heterocycles. The van der Waals surface area contributed by atoms with E-state index in [1.54, 1.807) is 55.5 Å². The summed E-state index contributed by atoms with van der Waals surface area (Å²) in [5.41, 5.74) is 1.19. The predicted octanol–water partition coefficient (Wildman–Crippen LogP) is 3.92. The van der Waals surface area contributed by atoms with E-state index < -0.39 is 22.5 Å². The minimum Gasteiger partial charge on any atom is -0.492 e. The third kappa shape index (κ3) is 4.71. The standard InChI is InChI=1S/C24H22ClN3O5S/c1-2-33-22-10-6-5-9-21(22)28(34(31,32)18-13-11-17(25)12-14-18)16-24(30)27-15-23(29)26-19-7-3-4-8-20(19)27/h3-14H,2,15-16H2,1H3,(H,26,29). The minimum absolute atomic E-state index is 0.0345. The van der Waals surface area contributed by atoms with Crippen molar-refractivity contribution >= 4 is 50.5 Å². The molecule has 1 heterocycles. The number of para-hydroxylation sites is 4. The quantitative estimate of drug-likeness (QED) is 0.531. The lowest BCUT2D eigenvalue weighted by Gasteiger charge is -2.32. The van der Waals surface area contributed by atoms with E-state index in [1.165, 1.54) is 29.2 Å². The predicted molar refractivity (Wildman–Crippen MR) is 131 cm³/mol. The van der Waals surface area contributed by atoms with Crippen molar-refractivity contribution in [2.45, 2.75) is 11.8 Å². The molecule has 4 rings (SSSR count). The first-order valence-corrected chi connectivity index (χ1v) is 12.3. The van der Waals surface area contributed by atoms with Crippen LogP contribution in [0.1, 0.15) is 6.92 Å². The maximum absolute atomic E-state index is 13.7. The Bertz CT molecular complexity index is 1330. The molecule has 0 spiro atoms. The number of carbonyl (C=O) groups excluding carboxylic acids is 2. The summed E-state index contributed by atoms with van der Waals surface area (Å²) in [6.07, 6.45) is 0. The van der Waals surface area contributed by atoms with E-state index in [9.17, 15) is 18.0 Å². The van der Waals surface area contributed by atoms with Gasteiger partial charge in [-0.05, 0) is 55.5 Å². The van der Waals surface area contributed by atoms with Crippen LogP contribution < -0.4 is 19.3 Å². The first-order chi connectivity index (χ1) is 16.3. The Hall–Kier alpha value is -3.56. The Balaban J connectivity index is 1.77. The highest BCUT2D eigenvalue weighted by atomic mass is 35.5. The van der Waals surface area contributed by atoms with Gasteiger partial charge in [0.2, 0.25) is 11.8 Å². The number of nitrogens with zero attached hydrogens (tertiary/aromatic N) is 2. The number of fused-ring (bicyclic) bond motifs is 1. The minimum atomic E-state index is -4.19. The zero-order chi connectivity index (χ0) is 24.3. The Labute approximate surface area is 202 Å². The monoisotopic (exact) mass is 499 g/mol. The van der Waals surface area contributed by atoms with Gasteiger partial charge in [0, 0.05) is 5.02 Å². The van der Waals surface area contributed by atoms with E-state index in [4.69, 9.17) is 16.3 Å². The average molecular weight is 500 g/mol. The zero-order valence-electron chi connectivity index (χ0n) is 18.3. The number of hydrogen-bond donors (Lipinski definition) is 1. The fraction of sp³-hybridized carbons (Fsp3) is 0.167. The van der Waals surface area contributed by atoms with Gasteiger partial charge in [0.1, 0.15) is 18.8 Å². The van der Waals surface area contributed by atoms with Crippen LogP contribution in [0.4, 0.5) is 17.1 Å². The molecule has 1 aliphatic heterocycles. The van der Waals surface area contributed by atoms with E-state index >= 15 is 0 Å². The Morgan fingerprint density at radius 1 is 1.06 bits per heavy atom. The highest BCUT2D eigenvalue weighted by Gasteiger charge is 2.33. The van der Waals surface area contributed by atoms with Gasteiger partial charge in [-0.25, -0.2) is 8.42 Å². The summed E-state index contributed by atoms with van der Waals surface area (Å²) in [5, 5.41) is 3.10. The maximum Gasteiger partial charge on any atom is 0.264 e. The first-order valence-electron chi connectivity index (χ1n) is 10.5. The van der Waals surface area contributed by atoms with Gasteiger partial charge < -0.3 is 10.1 Å². The largest absolute Gasteiger partial charge is 0.492 e. The van der Waals surface area contributed by atoms with Crippen LogP contribution in [0.3, 0.4) is 0 Å². The molecule has 0 radical (unpaired) electrons. The Kier molecular flexibility index (Phi) is 6.76. The van der Waals surface area contributed by atoms with Crippen LogP contribution in [-0.2, 0) is 19.6 Å². The van der Waals surface area contributed by atoms with Crippen LogP contribution in [-0.4, -0.2) is 39.9 Å². The molecule has 3 aromatic rings. The second kappa shape index (κ2) is 9.74. The van der Waals surface area contributed by atoms with Crippen LogP contribution in [0.15, 0.2) is 77.7 Å². The van der Waals surface area contributed by atoms with Gasteiger partial charge in [0.15, 0.2) is 0 Å². The van der Waals surface area contributed by atoms with Gasteiger partial charge in [0.25, 0.3) is 10.0 Å². The Morgan fingerprint density at radius 3 is 2.47 bits per heavy atom. The molecule has 2 amide bonds. The van der Waals surface area contributed by atoms with Crippen molar-refractivity contribution in [3.8, 4) is 5.75 Å². The molecule has 0 aliphatic carbocycles. The normalized spacial score (nSPS) is 13.1. The van der Waals surface area contributed by atoms with Crippen molar-refractivity contribution in [3.63, 3.8) is 0 Å². The van der Waals surface area contributed by atoms with Crippen LogP contribution >= 0.6 is 11.6 Å². The second-order valence-electron chi connectivity index (χ2n) is 7.41.